The summed E-state index contributed by atoms with van der Waals surface area (Å²) in [6, 6.07) is 15.4. The van der Waals surface area contributed by atoms with Gasteiger partial charge in [0.2, 0.25) is 0 Å². The van der Waals surface area contributed by atoms with Crippen LogP contribution in [0.1, 0.15) is 12.5 Å². The van der Waals surface area contributed by atoms with Crippen LogP contribution in [-0.2, 0) is 9.59 Å². The molecular weight excluding hydrogens is 294 g/mol. The zero-order valence-electron chi connectivity index (χ0n) is 12.3. The van der Waals surface area contributed by atoms with Crippen molar-refractivity contribution in [2.24, 2.45) is 0 Å². The average molecular weight is 307 g/mol. The van der Waals surface area contributed by atoms with E-state index in [1.54, 1.807) is 48.5 Å². The van der Waals surface area contributed by atoms with Gasteiger partial charge < -0.3 is 15.4 Å². The summed E-state index contributed by atoms with van der Waals surface area (Å²) < 4.78 is 5.63. The highest BCUT2D eigenvalue weighted by molar-refractivity contribution is 6.19. The molecule has 0 aliphatic carbocycles. The maximum absolute atomic E-state index is 12.6. The van der Waals surface area contributed by atoms with E-state index in [0.29, 0.717) is 22.7 Å². The number of para-hydroxylation sites is 3. The van der Waals surface area contributed by atoms with Gasteiger partial charge in [0.05, 0.1) is 16.9 Å². The van der Waals surface area contributed by atoms with Gasteiger partial charge in [0, 0.05) is 0 Å². The Morgan fingerprint density at radius 2 is 1.91 bits per heavy atom. The average Bonchev–Trinajstić information content (AvgIpc) is 2.56. The summed E-state index contributed by atoms with van der Waals surface area (Å²) in [4.78, 5) is 24.9. The first-order valence-corrected chi connectivity index (χ1v) is 6.94. The number of carbonyl (C=O) groups is 2. The quantitative estimate of drug-likeness (QED) is 0.833. The van der Waals surface area contributed by atoms with Crippen LogP contribution in [0.5, 0.6) is 5.75 Å². The Hall–Kier alpha value is -3.33. The molecule has 2 N–H and O–H groups in total. The molecule has 1 unspecified atom stereocenters. The molecule has 0 aromatic heterocycles. The van der Waals surface area contributed by atoms with Crippen LogP contribution in [0.4, 0.5) is 11.4 Å². The lowest BCUT2D eigenvalue weighted by molar-refractivity contribution is -0.143. The summed E-state index contributed by atoms with van der Waals surface area (Å²) >= 11 is 0. The highest BCUT2D eigenvalue weighted by atomic mass is 16.5. The molecule has 0 fully saturated rings. The van der Waals surface area contributed by atoms with Gasteiger partial charge in [-0.15, -0.1) is 0 Å². The van der Waals surface area contributed by atoms with Crippen molar-refractivity contribution >= 4 is 23.2 Å². The van der Waals surface area contributed by atoms with Crippen LogP contribution >= 0.6 is 0 Å². The Bertz CT molecular complexity index is 841. The minimum Gasteiger partial charge on any atom is -0.466 e. The normalized spacial score (nSPS) is 18.9. The molecule has 2 aromatic rings. The first kappa shape index (κ1) is 14.6. The summed E-state index contributed by atoms with van der Waals surface area (Å²) in [5.74, 6) is -0.798. The molecule has 1 aliphatic heterocycles. The number of carbonyl (C=O) groups excluding carboxylic acids is 2. The number of nitriles is 1. The number of ether oxygens (including phenoxy) is 1. The fourth-order valence-electron chi connectivity index (χ4n) is 2.25. The Morgan fingerprint density at radius 3 is 2.70 bits per heavy atom. The Morgan fingerprint density at radius 1 is 1.22 bits per heavy atom. The maximum Gasteiger partial charge on any atom is 0.278 e. The standard InChI is InChI=1S/C17H13N3O3/c1-17(15(21)19-12-7-3-2-6-11(12)10-18)16(22)20-13-8-4-5-9-14(13)23-17/h2-9H,1H3,(H,19,21)(H,20,22). The molecule has 0 saturated carbocycles. The third-order valence-electron chi connectivity index (χ3n) is 3.61. The van der Waals surface area contributed by atoms with Gasteiger partial charge in [-0.1, -0.05) is 24.3 Å². The molecule has 1 heterocycles. The van der Waals surface area contributed by atoms with Crippen molar-refractivity contribution in [1.29, 1.82) is 5.26 Å². The Labute approximate surface area is 132 Å². The molecule has 0 radical (unpaired) electrons. The number of benzene rings is 2. The largest absolute Gasteiger partial charge is 0.466 e. The van der Waals surface area contributed by atoms with Crippen LogP contribution < -0.4 is 15.4 Å². The van der Waals surface area contributed by atoms with Crippen molar-refractivity contribution < 1.29 is 14.3 Å². The van der Waals surface area contributed by atoms with E-state index in [2.05, 4.69) is 10.6 Å². The fraction of sp³-hybridized carbons (Fsp3) is 0.118. The molecule has 0 spiro atoms. The number of fused-ring (bicyclic) bond motifs is 1. The van der Waals surface area contributed by atoms with E-state index in [1.165, 1.54) is 6.92 Å². The topological polar surface area (TPSA) is 91.2 Å². The molecule has 1 atom stereocenters. The minimum atomic E-state index is -1.73. The molecular formula is C17H13N3O3. The van der Waals surface area contributed by atoms with Gasteiger partial charge in [0.25, 0.3) is 17.4 Å². The van der Waals surface area contributed by atoms with Crippen LogP contribution in [-0.4, -0.2) is 17.4 Å². The van der Waals surface area contributed by atoms with Crippen molar-refractivity contribution in [1.82, 2.24) is 0 Å². The zero-order valence-corrected chi connectivity index (χ0v) is 12.3. The summed E-state index contributed by atoms with van der Waals surface area (Å²) in [6.07, 6.45) is 0. The van der Waals surface area contributed by atoms with Crippen LogP contribution in [0.25, 0.3) is 0 Å². The summed E-state index contributed by atoms with van der Waals surface area (Å²) in [7, 11) is 0. The van der Waals surface area contributed by atoms with Crippen molar-refractivity contribution in [3.05, 3.63) is 54.1 Å². The lowest BCUT2D eigenvalue weighted by Gasteiger charge is -2.33. The molecule has 0 bridgehead atoms. The highest BCUT2D eigenvalue weighted by Crippen LogP contribution is 2.33. The number of rotatable bonds is 2. The van der Waals surface area contributed by atoms with Gasteiger partial charge in [0.1, 0.15) is 11.8 Å². The monoisotopic (exact) mass is 307 g/mol. The van der Waals surface area contributed by atoms with Crippen LogP contribution in [0.15, 0.2) is 48.5 Å². The number of anilines is 2. The van der Waals surface area contributed by atoms with Crippen LogP contribution in [0.3, 0.4) is 0 Å². The summed E-state index contributed by atoms with van der Waals surface area (Å²) in [6.45, 7) is 1.39. The number of hydrogen-bond acceptors (Lipinski definition) is 4. The molecule has 3 rings (SSSR count). The van der Waals surface area contributed by atoms with E-state index in [-0.39, 0.29) is 0 Å². The van der Waals surface area contributed by atoms with Crippen molar-refractivity contribution in [3.63, 3.8) is 0 Å². The van der Waals surface area contributed by atoms with Crippen molar-refractivity contribution in [3.8, 4) is 11.8 Å². The van der Waals surface area contributed by atoms with E-state index in [4.69, 9.17) is 10.00 Å². The van der Waals surface area contributed by atoms with Crippen molar-refractivity contribution in [2.75, 3.05) is 10.6 Å². The Balaban J connectivity index is 1.90. The van der Waals surface area contributed by atoms with Gasteiger partial charge in [0.15, 0.2) is 0 Å². The van der Waals surface area contributed by atoms with Gasteiger partial charge in [-0.2, -0.15) is 5.26 Å². The minimum absolute atomic E-state index is 0.307. The summed E-state index contributed by atoms with van der Waals surface area (Å²) in [5.41, 5.74) is -0.575. The second-order valence-corrected chi connectivity index (χ2v) is 5.20. The zero-order chi connectivity index (χ0) is 16.4. The first-order chi connectivity index (χ1) is 11.0. The van der Waals surface area contributed by atoms with Crippen LogP contribution in [0.2, 0.25) is 0 Å². The lowest BCUT2D eigenvalue weighted by atomic mass is 10.0. The second-order valence-electron chi connectivity index (χ2n) is 5.20. The number of hydrogen-bond donors (Lipinski definition) is 2. The molecule has 6 heteroatoms. The fourth-order valence-corrected chi connectivity index (χ4v) is 2.25. The maximum atomic E-state index is 12.6. The van der Waals surface area contributed by atoms with E-state index >= 15 is 0 Å². The van der Waals surface area contributed by atoms with Gasteiger partial charge >= 0.3 is 0 Å². The van der Waals surface area contributed by atoms with E-state index in [0.717, 1.165) is 0 Å². The number of amides is 2. The van der Waals surface area contributed by atoms with Crippen LogP contribution in [0, 0.1) is 11.3 Å². The van der Waals surface area contributed by atoms with Gasteiger partial charge in [-0.05, 0) is 31.2 Å². The van der Waals surface area contributed by atoms with E-state index in [1.807, 2.05) is 6.07 Å². The van der Waals surface area contributed by atoms with Gasteiger partial charge in [-0.25, -0.2) is 0 Å². The molecule has 1 aliphatic rings. The number of nitrogens with one attached hydrogen (secondary N) is 2. The molecule has 2 amide bonds. The highest BCUT2D eigenvalue weighted by Gasteiger charge is 2.47. The predicted octanol–water partition coefficient (Wildman–Crippen LogP) is 2.29. The third-order valence-corrected chi connectivity index (χ3v) is 3.61. The van der Waals surface area contributed by atoms with Gasteiger partial charge in [-0.3, -0.25) is 9.59 Å². The molecule has 114 valence electrons. The number of nitrogens with zero attached hydrogens (tertiary/aromatic N) is 1. The Kier molecular flexibility index (Phi) is 3.47. The van der Waals surface area contributed by atoms with E-state index < -0.39 is 17.4 Å². The molecule has 23 heavy (non-hydrogen) atoms. The molecule has 2 aromatic carbocycles. The van der Waals surface area contributed by atoms with E-state index in [9.17, 15) is 9.59 Å². The second kappa shape index (κ2) is 5.46. The summed E-state index contributed by atoms with van der Waals surface area (Å²) in [5, 5.41) is 14.3. The first-order valence-electron chi connectivity index (χ1n) is 6.94. The molecule has 0 saturated heterocycles. The lowest BCUT2D eigenvalue weighted by Crippen LogP contribution is -2.56. The molecule has 6 nitrogen and oxygen atoms in total. The predicted molar refractivity (Wildman–Crippen MR) is 83.9 cm³/mol. The SMILES string of the molecule is CC1(C(=O)Nc2ccccc2C#N)Oc2ccccc2NC1=O. The third kappa shape index (κ3) is 2.49. The van der Waals surface area contributed by atoms with Crippen molar-refractivity contribution in [2.45, 2.75) is 12.5 Å². The smallest absolute Gasteiger partial charge is 0.278 e.